The normalized spacial score (nSPS) is 10.4. The number of carbonyl (C=O) groups is 1. The molecule has 4 heteroatoms. The van der Waals surface area contributed by atoms with Gasteiger partial charge in [-0.15, -0.1) is 11.3 Å². The van der Waals surface area contributed by atoms with E-state index in [0.29, 0.717) is 21.6 Å². The van der Waals surface area contributed by atoms with Gasteiger partial charge in [0.25, 0.3) is 0 Å². The summed E-state index contributed by atoms with van der Waals surface area (Å²) in [4.78, 5) is 11.4. The van der Waals surface area contributed by atoms with Crippen molar-refractivity contribution < 1.29 is 13.6 Å². The fourth-order valence-electron chi connectivity index (χ4n) is 1.43. The van der Waals surface area contributed by atoms with Crippen LogP contribution in [0.25, 0.3) is 10.4 Å². The van der Waals surface area contributed by atoms with Crippen molar-refractivity contribution in [3.63, 3.8) is 0 Å². The number of carbonyl (C=O) groups excluding carboxylic acids is 1. The van der Waals surface area contributed by atoms with Crippen LogP contribution in [0, 0.1) is 18.6 Å². The minimum Gasteiger partial charge on any atom is -0.297 e. The lowest BCUT2D eigenvalue weighted by atomic mass is 10.1. The summed E-state index contributed by atoms with van der Waals surface area (Å²) < 4.78 is 27.2. The zero-order chi connectivity index (χ0) is 11.7. The van der Waals surface area contributed by atoms with E-state index in [1.807, 2.05) is 0 Å². The van der Waals surface area contributed by atoms with Gasteiger partial charge in [-0.25, -0.2) is 8.78 Å². The highest BCUT2D eigenvalue weighted by atomic mass is 32.1. The van der Waals surface area contributed by atoms with Crippen molar-refractivity contribution in [3.8, 4) is 10.4 Å². The van der Waals surface area contributed by atoms with Crippen LogP contribution in [0.2, 0.25) is 0 Å². The Labute approximate surface area is 95.4 Å². The van der Waals surface area contributed by atoms with Gasteiger partial charge >= 0.3 is 0 Å². The second kappa shape index (κ2) is 4.14. The van der Waals surface area contributed by atoms with Crippen LogP contribution in [0.15, 0.2) is 24.3 Å². The topological polar surface area (TPSA) is 17.1 Å². The van der Waals surface area contributed by atoms with Crippen molar-refractivity contribution in [3.05, 3.63) is 46.3 Å². The van der Waals surface area contributed by atoms with Crippen LogP contribution in [-0.4, -0.2) is 6.29 Å². The molecule has 1 aromatic carbocycles. The molecule has 0 saturated carbocycles. The third-order valence-electron chi connectivity index (χ3n) is 2.27. The first-order chi connectivity index (χ1) is 7.63. The van der Waals surface area contributed by atoms with E-state index < -0.39 is 11.6 Å². The van der Waals surface area contributed by atoms with Crippen molar-refractivity contribution in [1.29, 1.82) is 0 Å². The molecule has 1 aromatic heterocycles. The first kappa shape index (κ1) is 11.0. The third kappa shape index (κ3) is 1.76. The van der Waals surface area contributed by atoms with Crippen LogP contribution in [0.4, 0.5) is 8.78 Å². The molecule has 0 N–H and O–H groups in total. The summed E-state index contributed by atoms with van der Waals surface area (Å²) in [6.45, 7) is 1.58. The molecule has 0 aliphatic heterocycles. The van der Waals surface area contributed by atoms with Gasteiger partial charge in [0.2, 0.25) is 0 Å². The number of aryl methyl sites for hydroxylation is 1. The lowest BCUT2D eigenvalue weighted by molar-refractivity contribution is 0.112. The molecule has 0 aliphatic rings. The van der Waals surface area contributed by atoms with E-state index in [1.165, 1.54) is 12.1 Å². The number of hydrogen-bond donors (Lipinski definition) is 0. The number of rotatable bonds is 2. The third-order valence-corrected chi connectivity index (χ3v) is 3.30. The molecule has 0 radical (unpaired) electrons. The average molecular weight is 238 g/mol. The van der Waals surface area contributed by atoms with Crippen LogP contribution in [-0.2, 0) is 0 Å². The maximum Gasteiger partial charge on any atom is 0.160 e. The Balaban J connectivity index is 2.63. The van der Waals surface area contributed by atoms with Gasteiger partial charge in [0.15, 0.2) is 6.29 Å². The number of halogens is 2. The Hall–Kier alpha value is -1.55. The molecule has 2 aromatic rings. The average Bonchev–Trinajstić information content (AvgIpc) is 2.73. The summed E-state index contributed by atoms with van der Waals surface area (Å²) >= 11 is 1.07. The van der Waals surface area contributed by atoms with Gasteiger partial charge in [-0.2, -0.15) is 0 Å². The molecule has 0 unspecified atom stereocenters. The molecule has 0 amide bonds. The molecule has 2 rings (SSSR count). The first-order valence-electron chi connectivity index (χ1n) is 4.63. The fourth-order valence-corrected chi connectivity index (χ4v) is 2.30. The highest BCUT2D eigenvalue weighted by molar-refractivity contribution is 7.17. The summed E-state index contributed by atoms with van der Waals surface area (Å²) in [5.41, 5.74) is 0.329. The van der Waals surface area contributed by atoms with Crippen molar-refractivity contribution >= 4 is 17.6 Å². The molecular weight excluding hydrogens is 230 g/mol. The van der Waals surface area contributed by atoms with Gasteiger partial charge in [0.1, 0.15) is 11.6 Å². The zero-order valence-corrected chi connectivity index (χ0v) is 9.28. The van der Waals surface area contributed by atoms with Gasteiger partial charge in [-0.3, -0.25) is 4.79 Å². The van der Waals surface area contributed by atoms with Crippen LogP contribution in [0.5, 0.6) is 0 Å². The van der Waals surface area contributed by atoms with Crippen molar-refractivity contribution in [2.75, 3.05) is 0 Å². The molecule has 0 fully saturated rings. The predicted molar refractivity (Wildman–Crippen MR) is 59.8 cm³/mol. The largest absolute Gasteiger partial charge is 0.297 e. The molecule has 1 heterocycles. The number of hydrogen-bond acceptors (Lipinski definition) is 2. The second-order valence-corrected chi connectivity index (χ2v) is 4.49. The van der Waals surface area contributed by atoms with Crippen LogP contribution >= 0.6 is 11.3 Å². The van der Waals surface area contributed by atoms with Crippen molar-refractivity contribution in [2.45, 2.75) is 6.92 Å². The molecule has 0 spiro atoms. The molecule has 16 heavy (non-hydrogen) atoms. The summed E-state index contributed by atoms with van der Waals surface area (Å²) in [6, 6.07) is 5.72. The van der Waals surface area contributed by atoms with Crippen molar-refractivity contribution in [2.24, 2.45) is 0 Å². The van der Waals surface area contributed by atoms with Crippen LogP contribution < -0.4 is 0 Å². The van der Waals surface area contributed by atoms with E-state index in [0.717, 1.165) is 11.3 Å². The fraction of sp³-hybridized carbons (Fsp3) is 0.0833. The molecular formula is C12H8F2OS. The first-order valence-corrected chi connectivity index (χ1v) is 5.45. The van der Waals surface area contributed by atoms with E-state index in [9.17, 15) is 13.6 Å². The van der Waals surface area contributed by atoms with Gasteiger partial charge < -0.3 is 0 Å². The summed E-state index contributed by atoms with van der Waals surface area (Å²) in [6.07, 6.45) is 0.666. The Kier molecular flexibility index (Phi) is 2.83. The van der Waals surface area contributed by atoms with E-state index in [2.05, 4.69) is 0 Å². The maximum absolute atomic E-state index is 13.7. The van der Waals surface area contributed by atoms with E-state index in [4.69, 9.17) is 0 Å². The Morgan fingerprint density at radius 3 is 2.56 bits per heavy atom. The summed E-state index contributed by atoms with van der Waals surface area (Å²) in [5.74, 6) is -1.18. The minimum absolute atomic E-state index is 0.0573. The smallest absolute Gasteiger partial charge is 0.160 e. The molecule has 1 nitrogen and oxygen atoms in total. The SMILES string of the molecule is Cc1ccc(F)c(-c2ccc(C=O)s2)c1F. The lowest BCUT2D eigenvalue weighted by Crippen LogP contribution is -1.91. The minimum atomic E-state index is -0.609. The molecule has 0 aliphatic carbocycles. The predicted octanol–water partition coefficient (Wildman–Crippen LogP) is 3.81. The lowest BCUT2D eigenvalue weighted by Gasteiger charge is -2.04. The summed E-state index contributed by atoms with van der Waals surface area (Å²) in [7, 11) is 0. The molecule has 0 atom stereocenters. The number of thiophene rings is 1. The zero-order valence-electron chi connectivity index (χ0n) is 8.46. The maximum atomic E-state index is 13.7. The monoisotopic (exact) mass is 238 g/mol. The Morgan fingerprint density at radius 1 is 1.19 bits per heavy atom. The van der Waals surface area contributed by atoms with E-state index in [-0.39, 0.29) is 5.56 Å². The van der Waals surface area contributed by atoms with Crippen LogP contribution in [0.3, 0.4) is 0 Å². The van der Waals surface area contributed by atoms with Crippen LogP contribution in [0.1, 0.15) is 15.2 Å². The summed E-state index contributed by atoms with van der Waals surface area (Å²) in [5, 5.41) is 0. The highest BCUT2D eigenvalue weighted by Crippen LogP contribution is 2.32. The van der Waals surface area contributed by atoms with Crippen molar-refractivity contribution in [1.82, 2.24) is 0 Å². The van der Waals surface area contributed by atoms with Gasteiger partial charge in [-0.1, -0.05) is 6.07 Å². The van der Waals surface area contributed by atoms with E-state index >= 15 is 0 Å². The second-order valence-electron chi connectivity index (χ2n) is 3.37. The van der Waals surface area contributed by atoms with Gasteiger partial charge in [-0.05, 0) is 30.7 Å². The molecule has 0 bridgehead atoms. The number of benzene rings is 1. The Bertz CT molecular complexity index is 546. The van der Waals surface area contributed by atoms with Gasteiger partial charge in [0.05, 0.1) is 10.4 Å². The van der Waals surface area contributed by atoms with Gasteiger partial charge in [0, 0.05) is 4.88 Å². The highest BCUT2D eigenvalue weighted by Gasteiger charge is 2.15. The number of aldehydes is 1. The molecule has 0 saturated heterocycles. The van der Waals surface area contributed by atoms with E-state index in [1.54, 1.807) is 19.1 Å². The molecule has 82 valence electrons. The Morgan fingerprint density at radius 2 is 1.94 bits per heavy atom. The quantitative estimate of drug-likeness (QED) is 0.727. The standard InChI is InChI=1S/C12H8F2OS/c1-7-2-4-9(13)11(12(7)14)10-5-3-8(6-15)16-10/h2-6H,1H3.